The molecule has 17 heavy (non-hydrogen) atoms. The Morgan fingerprint density at radius 3 is 2.18 bits per heavy atom. The van der Waals surface area contributed by atoms with Gasteiger partial charge in [-0.25, -0.2) is 9.78 Å². The molecule has 0 radical (unpaired) electrons. The van der Waals surface area contributed by atoms with E-state index in [1.165, 1.54) is 0 Å². The van der Waals surface area contributed by atoms with Gasteiger partial charge >= 0.3 is 5.97 Å². The molecule has 1 aromatic rings. The van der Waals surface area contributed by atoms with Gasteiger partial charge in [-0.1, -0.05) is 34.8 Å². The third kappa shape index (κ3) is 2.76. The molecule has 7 heteroatoms. The molecule has 4 nitrogen and oxygen atoms in total. The maximum Gasteiger partial charge on any atom is 0.341 e. The van der Waals surface area contributed by atoms with Crippen molar-refractivity contribution in [2.75, 3.05) is 18.0 Å². The van der Waals surface area contributed by atoms with Gasteiger partial charge in [0, 0.05) is 13.1 Å². The molecule has 0 aromatic carbocycles. The van der Waals surface area contributed by atoms with Crippen LogP contribution in [0.15, 0.2) is 0 Å². The highest BCUT2D eigenvalue weighted by Gasteiger charge is 2.24. The summed E-state index contributed by atoms with van der Waals surface area (Å²) in [5.41, 5.74) is 0.193. The van der Waals surface area contributed by atoms with Crippen LogP contribution < -0.4 is 4.90 Å². The van der Waals surface area contributed by atoms with E-state index in [1.807, 2.05) is 13.8 Å². The van der Waals surface area contributed by atoms with E-state index < -0.39 is 5.97 Å². The highest BCUT2D eigenvalue weighted by molar-refractivity contribution is 6.45. The molecule has 0 fully saturated rings. The van der Waals surface area contributed by atoms with Gasteiger partial charge in [0.25, 0.3) is 0 Å². The van der Waals surface area contributed by atoms with Crippen LogP contribution in [-0.4, -0.2) is 29.1 Å². The lowest BCUT2D eigenvalue weighted by atomic mass is 10.2. The zero-order valence-corrected chi connectivity index (χ0v) is 11.6. The monoisotopic (exact) mass is 296 g/mol. The Labute approximate surface area is 114 Å². The smallest absolute Gasteiger partial charge is 0.341 e. The molecule has 0 bridgehead atoms. The summed E-state index contributed by atoms with van der Waals surface area (Å²) in [7, 11) is 0. The molecule has 0 aliphatic heterocycles. The number of halogens is 3. The molecule has 0 saturated carbocycles. The van der Waals surface area contributed by atoms with Crippen LogP contribution in [0.25, 0.3) is 0 Å². The normalized spacial score (nSPS) is 10.4. The van der Waals surface area contributed by atoms with Crippen molar-refractivity contribution < 1.29 is 9.90 Å². The number of hydrogen-bond acceptors (Lipinski definition) is 3. The summed E-state index contributed by atoms with van der Waals surface area (Å²) in [6.07, 6.45) is 0. The minimum atomic E-state index is -1.18. The number of pyridine rings is 1. The number of aromatic nitrogens is 1. The molecule has 0 unspecified atom stereocenters. The molecule has 94 valence electrons. The molecule has 0 spiro atoms. The summed E-state index contributed by atoms with van der Waals surface area (Å²) in [4.78, 5) is 16.7. The van der Waals surface area contributed by atoms with Gasteiger partial charge in [-0.2, -0.15) is 0 Å². The molecular formula is C10H11Cl3N2O2. The van der Waals surface area contributed by atoms with Gasteiger partial charge in [0.15, 0.2) is 5.15 Å². The molecule has 1 N–H and O–H groups in total. The van der Waals surface area contributed by atoms with Crippen LogP contribution >= 0.6 is 34.8 Å². The molecule has 1 heterocycles. The van der Waals surface area contributed by atoms with Gasteiger partial charge in [-0.3, -0.25) is 0 Å². The summed E-state index contributed by atoms with van der Waals surface area (Å²) >= 11 is 17.6. The second kappa shape index (κ2) is 5.76. The van der Waals surface area contributed by atoms with Crippen LogP contribution in [0.5, 0.6) is 0 Å². The Balaban J connectivity index is 3.57. The lowest BCUT2D eigenvalue weighted by molar-refractivity contribution is 0.0697. The summed E-state index contributed by atoms with van der Waals surface area (Å²) in [5, 5.41) is 9.10. The highest BCUT2D eigenvalue weighted by Crippen LogP contribution is 2.37. The standard InChI is InChI=1S/C10H11Cl3N2O2/c1-3-15(4-2)7-5(10(16)17)8(12)14-9(13)6(7)11/h3-4H2,1-2H3,(H,16,17). The average molecular weight is 298 g/mol. The second-order valence-electron chi connectivity index (χ2n) is 3.21. The highest BCUT2D eigenvalue weighted by atomic mass is 35.5. The van der Waals surface area contributed by atoms with Crippen molar-refractivity contribution >= 4 is 46.5 Å². The van der Waals surface area contributed by atoms with Crippen LogP contribution in [0.2, 0.25) is 15.3 Å². The number of carboxylic acid groups (broad SMARTS) is 1. The molecule has 0 aliphatic rings. The third-order valence-electron chi connectivity index (χ3n) is 2.32. The van der Waals surface area contributed by atoms with Crippen molar-refractivity contribution in [1.29, 1.82) is 0 Å². The van der Waals surface area contributed by atoms with Crippen LogP contribution in [0.4, 0.5) is 5.69 Å². The quantitative estimate of drug-likeness (QED) is 0.863. The Morgan fingerprint density at radius 1 is 1.24 bits per heavy atom. The van der Waals surface area contributed by atoms with E-state index in [9.17, 15) is 4.79 Å². The summed E-state index contributed by atoms with van der Waals surface area (Å²) in [6.45, 7) is 4.95. The Hall–Kier alpha value is -0.710. The Bertz CT molecular complexity index is 448. The number of nitrogens with zero attached hydrogens (tertiary/aromatic N) is 2. The van der Waals surface area contributed by atoms with Crippen LogP contribution in [0, 0.1) is 0 Å². The zero-order valence-electron chi connectivity index (χ0n) is 9.30. The minimum Gasteiger partial charge on any atom is -0.478 e. The van der Waals surface area contributed by atoms with E-state index in [1.54, 1.807) is 4.90 Å². The molecule has 0 saturated heterocycles. The van der Waals surface area contributed by atoms with Gasteiger partial charge in [0.05, 0.1) is 5.69 Å². The first kappa shape index (κ1) is 14.4. The zero-order chi connectivity index (χ0) is 13.2. The maximum atomic E-state index is 11.2. The average Bonchev–Trinajstić information content (AvgIpc) is 2.25. The summed E-state index contributed by atoms with van der Waals surface area (Å²) in [6, 6.07) is 0. The number of carbonyl (C=O) groups is 1. The SMILES string of the molecule is CCN(CC)c1c(Cl)c(Cl)nc(Cl)c1C(=O)O. The number of hydrogen-bond donors (Lipinski definition) is 1. The van der Waals surface area contributed by atoms with E-state index in [2.05, 4.69) is 4.98 Å². The van der Waals surface area contributed by atoms with Gasteiger partial charge in [0.2, 0.25) is 0 Å². The van der Waals surface area contributed by atoms with E-state index >= 15 is 0 Å². The van der Waals surface area contributed by atoms with Crippen LogP contribution in [0.1, 0.15) is 24.2 Å². The van der Waals surface area contributed by atoms with Gasteiger partial charge in [-0.15, -0.1) is 0 Å². The first-order valence-corrected chi connectivity index (χ1v) is 6.10. The van der Waals surface area contributed by atoms with Crippen molar-refractivity contribution in [3.8, 4) is 0 Å². The van der Waals surface area contributed by atoms with Gasteiger partial charge < -0.3 is 10.0 Å². The number of rotatable bonds is 4. The van der Waals surface area contributed by atoms with Crippen LogP contribution in [0.3, 0.4) is 0 Å². The predicted molar refractivity (Wildman–Crippen MR) is 69.8 cm³/mol. The van der Waals surface area contributed by atoms with Crippen molar-refractivity contribution in [2.24, 2.45) is 0 Å². The second-order valence-corrected chi connectivity index (χ2v) is 4.30. The molecule has 1 rings (SSSR count). The van der Waals surface area contributed by atoms with E-state index in [0.29, 0.717) is 18.8 Å². The first-order chi connectivity index (χ1) is 7.93. The number of anilines is 1. The van der Waals surface area contributed by atoms with Crippen molar-refractivity contribution in [2.45, 2.75) is 13.8 Å². The fourth-order valence-electron chi connectivity index (χ4n) is 1.52. The number of carboxylic acids is 1. The summed E-state index contributed by atoms with van der Waals surface area (Å²) < 4.78 is 0. The first-order valence-electron chi connectivity index (χ1n) is 4.96. The molecular weight excluding hydrogens is 286 g/mol. The van der Waals surface area contributed by atoms with E-state index in [4.69, 9.17) is 39.9 Å². The largest absolute Gasteiger partial charge is 0.478 e. The van der Waals surface area contributed by atoms with Crippen molar-refractivity contribution in [1.82, 2.24) is 4.98 Å². The lowest BCUT2D eigenvalue weighted by Crippen LogP contribution is -2.25. The Morgan fingerprint density at radius 2 is 1.76 bits per heavy atom. The topological polar surface area (TPSA) is 53.4 Å². The predicted octanol–water partition coefficient (Wildman–Crippen LogP) is 3.59. The third-order valence-corrected chi connectivity index (χ3v) is 3.32. The summed E-state index contributed by atoms with van der Waals surface area (Å²) in [5.74, 6) is -1.18. The lowest BCUT2D eigenvalue weighted by Gasteiger charge is -2.24. The molecule has 0 aliphatic carbocycles. The van der Waals surface area contributed by atoms with Gasteiger partial charge in [-0.05, 0) is 13.8 Å². The van der Waals surface area contributed by atoms with E-state index in [-0.39, 0.29) is 20.9 Å². The number of aromatic carboxylic acids is 1. The van der Waals surface area contributed by atoms with Crippen molar-refractivity contribution in [3.05, 3.63) is 20.9 Å². The minimum absolute atomic E-state index is 0.00330. The van der Waals surface area contributed by atoms with E-state index in [0.717, 1.165) is 0 Å². The molecule has 0 amide bonds. The molecule has 0 atom stereocenters. The fourth-order valence-corrected chi connectivity index (χ4v) is 2.25. The fraction of sp³-hybridized carbons (Fsp3) is 0.400. The molecule has 1 aromatic heterocycles. The van der Waals surface area contributed by atoms with Crippen LogP contribution in [-0.2, 0) is 0 Å². The van der Waals surface area contributed by atoms with Crippen molar-refractivity contribution in [3.63, 3.8) is 0 Å². The maximum absolute atomic E-state index is 11.2. The van der Waals surface area contributed by atoms with Gasteiger partial charge in [0.1, 0.15) is 15.7 Å². The Kier molecular flexibility index (Phi) is 4.86.